The summed E-state index contributed by atoms with van der Waals surface area (Å²) in [7, 11) is 1.71. The van der Waals surface area contributed by atoms with Crippen LogP contribution >= 0.6 is 0 Å². The Bertz CT molecular complexity index is 847. The lowest BCUT2D eigenvalue weighted by Gasteiger charge is -2.15. The van der Waals surface area contributed by atoms with E-state index in [0.29, 0.717) is 11.3 Å². The third kappa shape index (κ3) is 6.64. The van der Waals surface area contributed by atoms with Crippen LogP contribution < -0.4 is 20.9 Å². The molecule has 1 unspecified atom stereocenters. The number of hydrogen-bond acceptors (Lipinski definition) is 4. The first-order valence-electron chi connectivity index (χ1n) is 9.59. The molecule has 7 heteroatoms. The minimum Gasteiger partial charge on any atom is -0.376 e. The van der Waals surface area contributed by atoms with E-state index < -0.39 is 0 Å². The molecule has 0 aromatic heterocycles. The largest absolute Gasteiger partial charge is 0.376 e. The van der Waals surface area contributed by atoms with Crippen LogP contribution in [0, 0.1) is 0 Å². The maximum atomic E-state index is 12.1. The molecule has 2 rings (SSSR count). The highest BCUT2D eigenvalue weighted by Crippen LogP contribution is 2.17. The summed E-state index contributed by atoms with van der Waals surface area (Å²) in [5.74, 6) is -0.377. The quantitative estimate of drug-likeness (QED) is 0.639. The normalized spacial score (nSPS) is 11.3. The SMILES string of the molecule is CCC(C)NC(=O)c1ccc(NC(=O)CNc2ccc(N(C)C(C)=O)cc2)cc1. The first-order valence-corrected chi connectivity index (χ1v) is 9.59. The number of amides is 3. The first kappa shape index (κ1) is 21.9. The minimum absolute atomic E-state index is 0.0477. The Kier molecular flexibility index (Phi) is 7.77. The summed E-state index contributed by atoms with van der Waals surface area (Å²) in [6.45, 7) is 5.56. The van der Waals surface area contributed by atoms with Crippen LogP contribution in [-0.4, -0.2) is 37.4 Å². The Labute approximate surface area is 171 Å². The van der Waals surface area contributed by atoms with Crippen LogP contribution in [0.15, 0.2) is 48.5 Å². The van der Waals surface area contributed by atoms with Crippen molar-refractivity contribution in [1.82, 2.24) is 5.32 Å². The number of nitrogens with zero attached hydrogens (tertiary/aromatic N) is 1. The van der Waals surface area contributed by atoms with Gasteiger partial charge in [0.1, 0.15) is 0 Å². The van der Waals surface area contributed by atoms with Gasteiger partial charge >= 0.3 is 0 Å². The highest BCUT2D eigenvalue weighted by molar-refractivity contribution is 5.97. The molecule has 0 aliphatic rings. The number of benzene rings is 2. The van der Waals surface area contributed by atoms with Crippen LogP contribution in [0.1, 0.15) is 37.6 Å². The molecule has 7 nitrogen and oxygen atoms in total. The van der Waals surface area contributed by atoms with Crippen molar-refractivity contribution in [2.45, 2.75) is 33.2 Å². The Morgan fingerprint density at radius 1 is 0.966 bits per heavy atom. The number of hydrogen-bond donors (Lipinski definition) is 3. The summed E-state index contributed by atoms with van der Waals surface area (Å²) >= 11 is 0. The Morgan fingerprint density at radius 2 is 1.55 bits per heavy atom. The maximum Gasteiger partial charge on any atom is 0.251 e. The fourth-order valence-corrected chi connectivity index (χ4v) is 2.49. The van der Waals surface area contributed by atoms with Crippen molar-refractivity contribution in [1.29, 1.82) is 0 Å². The van der Waals surface area contributed by atoms with Crippen molar-refractivity contribution in [2.75, 3.05) is 29.1 Å². The molecule has 29 heavy (non-hydrogen) atoms. The zero-order valence-electron chi connectivity index (χ0n) is 17.3. The molecule has 0 saturated carbocycles. The van der Waals surface area contributed by atoms with E-state index in [9.17, 15) is 14.4 Å². The lowest BCUT2D eigenvalue weighted by Crippen LogP contribution is -2.31. The van der Waals surface area contributed by atoms with Crippen molar-refractivity contribution in [3.8, 4) is 0 Å². The predicted molar refractivity (Wildman–Crippen MR) is 116 cm³/mol. The molecule has 3 N–H and O–H groups in total. The second-order valence-corrected chi connectivity index (χ2v) is 6.89. The molecule has 1 atom stereocenters. The Balaban J connectivity index is 1.84. The zero-order chi connectivity index (χ0) is 21.4. The third-order valence-corrected chi connectivity index (χ3v) is 4.60. The zero-order valence-corrected chi connectivity index (χ0v) is 17.3. The fourth-order valence-electron chi connectivity index (χ4n) is 2.49. The summed E-state index contributed by atoms with van der Waals surface area (Å²) < 4.78 is 0. The number of carbonyl (C=O) groups is 3. The number of carbonyl (C=O) groups excluding carboxylic acids is 3. The van der Waals surface area contributed by atoms with Crippen LogP contribution in [0.3, 0.4) is 0 Å². The van der Waals surface area contributed by atoms with Gasteiger partial charge in [-0.05, 0) is 61.9 Å². The van der Waals surface area contributed by atoms with Gasteiger partial charge in [0.25, 0.3) is 5.91 Å². The van der Waals surface area contributed by atoms with Gasteiger partial charge in [0.2, 0.25) is 11.8 Å². The monoisotopic (exact) mass is 396 g/mol. The summed E-state index contributed by atoms with van der Waals surface area (Å²) in [5, 5.41) is 8.73. The topological polar surface area (TPSA) is 90.5 Å². The van der Waals surface area contributed by atoms with Crippen molar-refractivity contribution < 1.29 is 14.4 Å². The van der Waals surface area contributed by atoms with Crippen molar-refractivity contribution >= 4 is 34.8 Å². The molecule has 0 fully saturated rings. The Hall–Kier alpha value is -3.35. The molecular weight excluding hydrogens is 368 g/mol. The van der Waals surface area contributed by atoms with E-state index in [1.807, 2.05) is 38.1 Å². The molecule has 0 aliphatic heterocycles. The van der Waals surface area contributed by atoms with Gasteiger partial charge < -0.3 is 20.9 Å². The van der Waals surface area contributed by atoms with Gasteiger partial charge in [0.15, 0.2) is 0 Å². The van der Waals surface area contributed by atoms with E-state index in [1.54, 1.807) is 36.2 Å². The number of anilines is 3. The second kappa shape index (κ2) is 10.3. The lowest BCUT2D eigenvalue weighted by molar-refractivity contribution is -0.116. The molecule has 0 radical (unpaired) electrons. The van der Waals surface area contributed by atoms with Gasteiger partial charge in [-0.1, -0.05) is 6.92 Å². The lowest BCUT2D eigenvalue weighted by atomic mass is 10.1. The van der Waals surface area contributed by atoms with Crippen molar-refractivity contribution in [3.63, 3.8) is 0 Å². The van der Waals surface area contributed by atoms with Gasteiger partial charge in [-0.3, -0.25) is 14.4 Å². The maximum absolute atomic E-state index is 12.1. The molecule has 2 aromatic rings. The van der Waals surface area contributed by atoms with E-state index in [-0.39, 0.29) is 30.3 Å². The van der Waals surface area contributed by atoms with Crippen LogP contribution in [0.25, 0.3) is 0 Å². The third-order valence-electron chi connectivity index (χ3n) is 4.60. The van der Waals surface area contributed by atoms with Gasteiger partial charge in [0, 0.05) is 42.6 Å². The summed E-state index contributed by atoms with van der Waals surface area (Å²) in [5.41, 5.74) is 2.73. The Morgan fingerprint density at radius 3 is 2.10 bits per heavy atom. The standard InChI is InChI=1S/C22H28N4O3/c1-5-15(2)24-22(29)17-6-8-19(9-7-17)25-21(28)14-23-18-10-12-20(13-11-18)26(4)16(3)27/h6-13,15,23H,5,14H2,1-4H3,(H,24,29)(H,25,28). The highest BCUT2D eigenvalue weighted by atomic mass is 16.2. The van der Waals surface area contributed by atoms with E-state index >= 15 is 0 Å². The van der Waals surface area contributed by atoms with Gasteiger partial charge in [-0.25, -0.2) is 0 Å². The second-order valence-electron chi connectivity index (χ2n) is 6.89. The minimum atomic E-state index is -0.202. The molecule has 154 valence electrons. The van der Waals surface area contributed by atoms with Crippen LogP contribution in [-0.2, 0) is 9.59 Å². The fraction of sp³-hybridized carbons (Fsp3) is 0.318. The van der Waals surface area contributed by atoms with E-state index in [1.165, 1.54) is 6.92 Å². The van der Waals surface area contributed by atoms with Gasteiger partial charge in [-0.2, -0.15) is 0 Å². The molecule has 0 heterocycles. The number of rotatable bonds is 8. The van der Waals surface area contributed by atoms with Gasteiger partial charge in [0.05, 0.1) is 6.54 Å². The smallest absolute Gasteiger partial charge is 0.251 e. The summed E-state index contributed by atoms with van der Waals surface area (Å²) in [6.07, 6.45) is 0.864. The van der Waals surface area contributed by atoms with Crippen molar-refractivity contribution in [3.05, 3.63) is 54.1 Å². The van der Waals surface area contributed by atoms with Crippen LogP contribution in [0.2, 0.25) is 0 Å². The molecule has 2 aromatic carbocycles. The highest BCUT2D eigenvalue weighted by Gasteiger charge is 2.09. The molecule has 0 spiro atoms. The average molecular weight is 396 g/mol. The van der Waals surface area contributed by atoms with Crippen LogP contribution in [0.5, 0.6) is 0 Å². The van der Waals surface area contributed by atoms with Crippen LogP contribution in [0.4, 0.5) is 17.1 Å². The van der Waals surface area contributed by atoms with Crippen molar-refractivity contribution in [2.24, 2.45) is 0 Å². The molecule has 3 amide bonds. The molecule has 0 aliphatic carbocycles. The molecule has 0 bridgehead atoms. The van der Waals surface area contributed by atoms with E-state index in [2.05, 4.69) is 16.0 Å². The average Bonchev–Trinajstić information content (AvgIpc) is 2.72. The number of nitrogens with one attached hydrogen (secondary N) is 3. The predicted octanol–water partition coefficient (Wildman–Crippen LogP) is 3.25. The molecule has 0 saturated heterocycles. The molecular formula is C22H28N4O3. The van der Waals surface area contributed by atoms with Gasteiger partial charge in [-0.15, -0.1) is 0 Å². The van der Waals surface area contributed by atoms with E-state index in [0.717, 1.165) is 17.8 Å². The van der Waals surface area contributed by atoms with E-state index in [4.69, 9.17) is 0 Å². The summed E-state index contributed by atoms with van der Waals surface area (Å²) in [4.78, 5) is 37.1. The first-order chi connectivity index (χ1) is 13.8. The summed E-state index contributed by atoms with van der Waals surface area (Å²) in [6, 6.07) is 14.1.